The van der Waals surface area contributed by atoms with Gasteiger partial charge in [-0.1, -0.05) is 12.1 Å². The molecule has 1 N–H and O–H groups in total. The van der Waals surface area contributed by atoms with Crippen molar-refractivity contribution in [3.63, 3.8) is 0 Å². The highest BCUT2D eigenvalue weighted by Gasteiger charge is 2.30. The van der Waals surface area contributed by atoms with Crippen LogP contribution in [-0.4, -0.2) is 21.8 Å². The largest absolute Gasteiger partial charge is 0.361 e. The Morgan fingerprint density at radius 2 is 2.24 bits per heavy atom. The van der Waals surface area contributed by atoms with Crippen LogP contribution in [0.1, 0.15) is 25.3 Å². The van der Waals surface area contributed by atoms with E-state index in [0.717, 1.165) is 24.9 Å². The quantitative estimate of drug-likeness (QED) is 0.861. The van der Waals surface area contributed by atoms with Gasteiger partial charge in [-0.25, -0.2) is 0 Å². The molecule has 1 aromatic carbocycles. The molecule has 0 unspecified atom stereocenters. The summed E-state index contributed by atoms with van der Waals surface area (Å²) in [5.74, 6) is 0.180. The third-order valence-corrected chi connectivity index (χ3v) is 3.36. The van der Waals surface area contributed by atoms with E-state index >= 15 is 0 Å². The molecule has 3 nitrogen and oxygen atoms in total. The van der Waals surface area contributed by atoms with E-state index < -0.39 is 0 Å². The van der Waals surface area contributed by atoms with E-state index in [4.69, 9.17) is 0 Å². The Balaban J connectivity index is 1.85. The third-order valence-electron chi connectivity index (χ3n) is 3.36. The molecule has 1 aliphatic rings. The van der Waals surface area contributed by atoms with Crippen LogP contribution in [0.4, 0.5) is 0 Å². The summed E-state index contributed by atoms with van der Waals surface area (Å²) in [7, 11) is 0. The standard InChI is InChI=1S/C14H16N2O/c1-10(17)16(13-4-5-13)9-11-2-3-12-6-7-15-14(12)8-11/h2-3,6-8,13,15H,4-5,9H2,1H3. The molecule has 1 aromatic heterocycles. The van der Waals surface area contributed by atoms with Crippen molar-refractivity contribution in [3.05, 3.63) is 36.0 Å². The summed E-state index contributed by atoms with van der Waals surface area (Å²) in [6.45, 7) is 2.39. The van der Waals surface area contributed by atoms with Crippen LogP contribution in [0.25, 0.3) is 10.9 Å². The second kappa shape index (κ2) is 3.91. The van der Waals surface area contributed by atoms with Crippen LogP contribution in [-0.2, 0) is 11.3 Å². The van der Waals surface area contributed by atoms with Crippen molar-refractivity contribution in [2.45, 2.75) is 32.4 Å². The van der Waals surface area contributed by atoms with Crippen molar-refractivity contribution in [2.75, 3.05) is 0 Å². The maximum Gasteiger partial charge on any atom is 0.219 e. The summed E-state index contributed by atoms with van der Waals surface area (Å²) in [5, 5.41) is 1.22. The fourth-order valence-corrected chi connectivity index (χ4v) is 2.27. The molecular formula is C14H16N2O. The summed E-state index contributed by atoms with van der Waals surface area (Å²) in [6.07, 6.45) is 4.26. The maximum atomic E-state index is 11.6. The molecule has 1 fully saturated rings. The van der Waals surface area contributed by atoms with Gasteiger partial charge in [0.1, 0.15) is 0 Å². The first-order chi connectivity index (χ1) is 8.24. The van der Waals surface area contributed by atoms with Crippen LogP contribution in [0.15, 0.2) is 30.5 Å². The van der Waals surface area contributed by atoms with Gasteiger partial charge in [-0.05, 0) is 35.9 Å². The van der Waals surface area contributed by atoms with Crippen LogP contribution >= 0.6 is 0 Å². The van der Waals surface area contributed by atoms with Gasteiger partial charge >= 0.3 is 0 Å². The summed E-state index contributed by atoms with van der Waals surface area (Å²) in [4.78, 5) is 16.7. The summed E-state index contributed by atoms with van der Waals surface area (Å²) in [5.41, 5.74) is 2.34. The molecule has 1 amide bonds. The molecule has 88 valence electrons. The summed E-state index contributed by atoms with van der Waals surface area (Å²) in [6, 6.07) is 8.88. The first kappa shape index (κ1) is 10.4. The van der Waals surface area contributed by atoms with Crippen LogP contribution < -0.4 is 0 Å². The molecule has 0 aliphatic heterocycles. The zero-order valence-corrected chi connectivity index (χ0v) is 9.94. The van der Waals surface area contributed by atoms with E-state index in [1.165, 1.54) is 10.9 Å². The number of benzene rings is 1. The molecule has 1 aliphatic carbocycles. The van der Waals surface area contributed by atoms with Crippen LogP contribution in [0, 0.1) is 0 Å². The zero-order chi connectivity index (χ0) is 11.8. The van der Waals surface area contributed by atoms with Gasteiger partial charge in [0.25, 0.3) is 0 Å². The first-order valence-electron chi connectivity index (χ1n) is 6.07. The fourth-order valence-electron chi connectivity index (χ4n) is 2.27. The smallest absolute Gasteiger partial charge is 0.219 e. The number of carbonyl (C=O) groups excluding carboxylic acids is 1. The van der Waals surface area contributed by atoms with Crippen molar-refractivity contribution in [1.29, 1.82) is 0 Å². The zero-order valence-electron chi connectivity index (χ0n) is 9.94. The average Bonchev–Trinajstić information content (AvgIpc) is 3.03. The lowest BCUT2D eigenvalue weighted by Gasteiger charge is -2.20. The predicted octanol–water partition coefficient (Wildman–Crippen LogP) is 2.68. The highest BCUT2D eigenvalue weighted by molar-refractivity contribution is 5.80. The van der Waals surface area contributed by atoms with Crippen LogP contribution in [0.3, 0.4) is 0 Å². The first-order valence-corrected chi connectivity index (χ1v) is 6.07. The van der Waals surface area contributed by atoms with E-state index in [-0.39, 0.29) is 5.91 Å². The normalized spacial score (nSPS) is 15.1. The minimum atomic E-state index is 0.180. The molecular weight excluding hydrogens is 212 g/mol. The topological polar surface area (TPSA) is 36.1 Å². The number of nitrogens with one attached hydrogen (secondary N) is 1. The number of carbonyl (C=O) groups is 1. The Labute approximate surface area is 100 Å². The van der Waals surface area contributed by atoms with Gasteiger partial charge in [-0.2, -0.15) is 0 Å². The number of H-pyrrole nitrogens is 1. The van der Waals surface area contributed by atoms with Gasteiger partial charge in [0.2, 0.25) is 5.91 Å². The second-order valence-corrected chi connectivity index (χ2v) is 4.78. The van der Waals surface area contributed by atoms with E-state index in [9.17, 15) is 4.79 Å². The fraction of sp³-hybridized carbons (Fsp3) is 0.357. The molecule has 0 spiro atoms. The minimum absolute atomic E-state index is 0.180. The monoisotopic (exact) mass is 228 g/mol. The number of amides is 1. The highest BCUT2D eigenvalue weighted by Crippen LogP contribution is 2.28. The molecule has 0 saturated heterocycles. The van der Waals surface area contributed by atoms with Crippen LogP contribution in [0.2, 0.25) is 0 Å². The number of nitrogens with zero attached hydrogens (tertiary/aromatic N) is 1. The Kier molecular flexibility index (Phi) is 2.39. The predicted molar refractivity (Wildman–Crippen MR) is 67.5 cm³/mol. The lowest BCUT2D eigenvalue weighted by Crippen LogP contribution is -2.30. The Morgan fingerprint density at radius 1 is 1.41 bits per heavy atom. The molecule has 2 aromatic rings. The van der Waals surface area contributed by atoms with E-state index in [1.54, 1.807) is 6.92 Å². The van der Waals surface area contributed by atoms with E-state index in [2.05, 4.69) is 29.2 Å². The minimum Gasteiger partial charge on any atom is -0.361 e. The molecule has 1 saturated carbocycles. The lowest BCUT2D eigenvalue weighted by molar-refractivity contribution is -0.130. The number of aromatic amines is 1. The van der Waals surface area contributed by atoms with Crippen molar-refractivity contribution >= 4 is 16.8 Å². The number of hydrogen-bond donors (Lipinski definition) is 1. The molecule has 3 rings (SSSR count). The van der Waals surface area contributed by atoms with Gasteiger partial charge in [0.15, 0.2) is 0 Å². The second-order valence-electron chi connectivity index (χ2n) is 4.78. The van der Waals surface area contributed by atoms with Gasteiger partial charge in [-0.3, -0.25) is 4.79 Å². The average molecular weight is 228 g/mol. The Bertz CT molecular complexity index is 554. The molecule has 1 heterocycles. The molecule has 0 atom stereocenters. The van der Waals surface area contributed by atoms with Gasteiger partial charge in [-0.15, -0.1) is 0 Å². The SMILES string of the molecule is CC(=O)N(Cc1ccc2cc[nH]c2c1)C1CC1. The number of rotatable bonds is 3. The molecule has 17 heavy (non-hydrogen) atoms. The van der Waals surface area contributed by atoms with Crippen molar-refractivity contribution in [3.8, 4) is 0 Å². The summed E-state index contributed by atoms with van der Waals surface area (Å²) >= 11 is 0. The highest BCUT2D eigenvalue weighted by atomic mass is 16.2. The Morgan fingerprint density at radius 3 is 2.94 bits per heavy atom. The van der Waals surface area contributed by atoms with Crippen LogP contribution in [0.5, 0.6) is 0 Å². The summed E-state index contributed by atoms with van der Waals surface area (Å²) < 4.78 is 0. The van der Waals surface area contributed by atoms with Gasteiger partial charge in [0, 0.05) is 31.2 Å². The Hall–Kier alpha value is -1.77. The van der Waals surface area contributed by atoms with E-state index in [1.807, 2.05) is 11.1 Å². The lowest BCUT2D eigenvalue weighted by atomic mass is 10.1. The number of fused-ring (bicyclic) bond motifs is 1. The third kappa shape index (κ3) is 2.05. The van der Waals surface area contributed by atoms with Crippen molar-refractivity contribution in [2.24, 2.45) is 0 Å². The number of aromatic nitrogens is 1. The van der Waals surface area contributed by atoms with Gasteiger partial charge in [0.05, 0.1) is 0 Å². The number of hydrogen-bond acceptors (Lipinski definition) is 1. The maximum absolute atomic E-state index is 11.6. The van der Waals surface area contributed by atoms with Gasteiger partial charge < -0.3 is 9.88 Å². The van der Waals surface area contributed by atoms with E-state index in [0.29, 0.717) is 6.04 Å². The molecule has 3 heteroatoms. The van der Waals surface area contributed by atoms with Crippen molar-refractivity contribution < 1.29 is 4.79 Å². The molecule has 0 radical (unpaired) electrons. The van der Waals surface area contributed by atoms with Crippen molar-refractivity contribution in [1.82, 2.24) is 9.88 Å². The molecule has 0 bridgehead atoms.